The molecule has 4 rings (SSSR count). The van der Waals surface area contributed by atoms with Gasteiger partial charge in [0.15, 0.2) is 0 Å². The first-order valence-electron chi connectivity index (χ1n) is 8.65. The molecule has 0 atom stereocenters. The molecule has 0 aliphatic heterocycles. The molecule has 0 N–H and O–H groups in total. The number of ether oxygens (including phenoxy) is 1. The molecule has 8 heteroatoms. The number of benzene rings is 3. The van der Waals surface area contributed by atoms with Gasteiger partial charge < -0.3 is 9.26 Å². The average Bonchev–Trinajstić information content (AvgIpc) is 3.23. The van der Waals surface area contributed by atoms with Crippen LogP contribution >= 0.6 is 15.9 Å². The lowest BCUT2D eigenvalue weighted by molar-refractivity contribution is -0.384. The van der Waals surface area contributed by atoms with E-state index < -0.39 is 4.92 Å². The van der Waals surface area contributed by atoms with Crippen molar-refractivity contribution in [2.75, 3.05) is 0 Å². The highest BCUT2D eigenvalue weighted by molar-refractivity contribution is 9.10. The fraction of sp³-hybridized carbons (Fsp3) is 0.0476. The minimum Gasteiger partial charge on any atom is -0.489 e. The van der Waals surface area contributed by atoms with E-state index >= 15 is 0 Å². The molecule has 1 aromatic heterocycles. The van der Waals surface area contributed by atoms with Crippen LogP contribution in [0.1, 0.15) is 5.56 Å². The van der Waals surface area contributed by atoms with E-state index in [2.05, 4.69) is 26.1 Å². The Hall–Kier alpha value is -3.52. The zero-order valence-corrected chi connectivity index (χ0v) is 16.6. The summed E-state index contributed by atoms with van der Waals surface area (Å²) in [4.78, 5) is 14.7. The monoisotopic (exact) mass is 451 g/mol. The Morgan fingerprint density at radius 3 is 2.55 bits per heavy atom. The Morgan fingerprint density at radius 2 is 1.79 bits per heavy atom. The minimum atomic E-state index is -0.451. The largest absolute Gasteiger partial charge is 0.489 e. The van der Waals surface area contributed by atoms with Gasteiger partial charge in [-0.05, 0) is 48.0 Å². The molecule has 0 fully saturated rings. The molecular weight excluding hydrogens is 438 g/mol. The Morgan fingerprint density at radius 1 is 1.00 bits per heavy atom. The van der Waals surface area contributed by atoms with E-state index in [9.17, 15) is 10.1 Å². The molecule has 0 bridgehead atoms. The van der Waals surface area contributed by atoms with E-state index in [-0.39, 0.29) is 5.69 Å². The standard InChI is InChI=1S/C21H14BrN3O4/c22-17-5-2-6-19(12-17)28-13-14-3-1-4-16(11-14)21-23-20(24-29-21)15-7-9-18(10-8-15)25(26)27/h1-12H,13H2. The Kier molecular flexibility index (Phi) is 5.35. The molecule has 0 unspecified atom stereocenters. The first-order valence-corrected chi connectivity index (χ1v) is 9.44. The maximum Gasteiger partial charge on any atom is 0.269 e. The zero-order chi connectivity index (χ0) is 20.2. The summed E-state index contributed by atoms with van der Waals surface area (Å²) in [5.41, 5.74) is 2.37. The van der Waals surface area contributed by atoms with E-state index in [1.165, 1.54) is 12.1 Å². The second-order valence-corrected chi connectivity index (χ2v) is 7.09. The summed E-state index contributed by atoms with van der Waals surface area (Å²) < 4.78 is 12.1. The minimum absolute atomic E-state index is 0.00983. The number of hydrogen-bond donors (Lipinski definition) is 0. The van der Waals surface area contributed by atoms with Crippen molar-refractivity contribution in [1.29, 1.82) is 0 Å². The molecular formula is C21H14BrN3O4. The van der Waals surface area contributed by atoms with Crippen molar-refractivity contribution in [1.82, 2.24) is 10.1 Å². The fourth-order valence-corrected chi connectivity index (χ4v) is 3.09. The molecule has 29 heavy (non-hydrogen) atoms. The van der Waals surface area contributed by atoms with Gasteiger partial charge in [0.2, 0.25) is 5.82 Å². The summed E-state index contributed by atoms with van der Waals surface area (Å²) in [6, 6.07) is 21.3. The van der Waals surface area contributed by atoms with E-state index in [1.54, 1.807) is 12.1 Å². The molecule has 0 spiro atoms. The summed E-state index contributed by atoms with van der Waals surface area (Å²) in [6.45, 7) is 0.396. The summed E-state index contributed by atoms with van der Waals surface area (Å²) in [5.74, 6) is 1.50. The van der Waals surface area contributed by atoms with Crippen LogP contribution in [-0.2, 0) is 6.61 Å². The van der Waals surface area contributed by atoms with Crippen molar-refractivity contribution in [3.63, 3.8) is 0 Å². The van der Waals surface area contributed by atoms with Crippen molar-refractivity contribution in [2.45, 2.75) is 6.61 Å². The Balaban J connectivity index is 1.50. The number of nitro benzene ring substituents is 1. The summed E-state index contributed by atoms with van der Waals surface area (Å²) in [7, 11) is 0. The molecule has 0 aliphatic carbocycles. The van der Waals surface area contributed by atoms with Crippen molar-refractivity contribution in [2.24, 2.45) is 0 Å². The zero-order valence-electron chi connectivity index (χ0n) is 15.0. The van der Waals surface area contributed by atoms with Gasteiger partial charge in [-0.2, -0.15) is 4.98 Å². The first kappa shape index (κ1) is 18.8. The van der Waals surface area contributed by atoms with E-state index in [0.29, 0.717) is 23.9 Å². The lowest BCUT2D eigenvalue weighted by Crippen LogP contribution is -1.95. The van der Waals surface area contributed by atoms with Crippen molar-refractivity contribution >= 4 is 21.6 Å². The highest BCUT2D eigenvalue weighted by atomic mass is 79.9. The van der Waals surface area contributed by atoms with E-state index in [1.807, 2.05) is 48.5 Å². The average molecular weight is 452 g/mol. The SMILES string of the molecule is O=[N+]([O-])c1ccc(-c2noc(-c3cccc(COc4cccc(Br)c4)c3)n2)cc1. The summed E-state index contributed by atoms with van der Waals surface area (Å²) in [5, 5.41) is 14.8. The number of halogens is 1. The molecule has 7 nitrogen and oxygen atoms in total. The van der Waals surface area contributed by atoms with Crippen LogP contribution in [0.25, 0.3) is 22.8 Å². The molecule has 4 aromatic rings. The third-order valence-electron chi connectivity index (χ3n) is 4.14. The van der Waals surface area contributed by atoms with Crippen LogP contribution in [0, 0.1) is 10.1 Å². The van der Waals surface area contributed by atoms with Crippen LogP contribution in [0.3, 0.4) is 0 Å². The number of rotatable bonds is 6. The first-order chi connectivity index (χ1) is 14.1. The summed E-state index contributed by atoms with van der Waals surface area (Å²) >= 11 is 3.42. The van der Waals surface area contributed by atoms with Gasteiger partial charge >= 0.3 is 0 Å². The van der Waals surface area contributed by atoms with E-state index in [4.69, 9.17) is 9.26 Å². The molecule has 0 radical (unpaired) electrons. The van der Waals surface area contributed by atoms with Gasteiger partial charge in [0, 0.05) is 27.7 Å². The van der Waals surface area contributed by atoms with Crippen molar-refractivity contribution in [3.05, 3.63) is 92.9 Å². The van der Waals surface area contributed by atoms with Gasteiger partial charge in [-0.3, -0.25) is 10.1 Å². The van der Waals surface area contributed by atoms with Gasteiger partial charge in [0.05, 0.1) is 4.92 Å². The number of nitrogens with zero attached hydrogens (tertiary/aromatic N) is 3. The van der Waals surface area contributed by atoms with Gasteiger partial charge in [-0.25, -0.2) is 0 Å². The quantitative estimate of drug-likeness (QED) is 0.277. The highest BCUT2D eigenvalue weighted by Gasteiger charge is 2.13. The smallest absolute Gasteiger partial charge is 0.269 e. The number of nitro groups is 1. The maximum absolute atomic E-state index is 10.8. The predicted octanol–water partition coefficient (Wildman–Crippen LogP) is 5.65. The third kappa shape index (κ3) is 4.49. The molecule has 0 aliphatic rings. The van der Waals surface area contributed by atoms with Crippen molar-refractivity contribution < 1.29 is 14.2 Å². The van der Waals surface area contributed by atoms with Gasteiger partial charge in [0.25, 0.3) is 11.6 Å². The Labute approximate surface area is 174 Å². The molecule has 0 saturated carbocycles. The van der Waals surface area contributed by atoms with Crippen LogP contribution in [0.5, 0.6) is 5.75 Å². The molecule has 144 valence electrons. The lowest BCUT2D eigenvalue weighted by Gasteiger charge is -2.07. The predicted molar refractivity (Wildman–Crippen MR) is 110 cm³/mol. The number of hydrogen-bond acceptors (Lipinski definition) is 6. The summed E-state index contributed by atoms with van der Waals surface area (Å²) in [6.07, 6.45) is 0. The maximum atomic E-state index is 10.8. The van der Waals surface area contributed by atoms with Crippen molar-refractivity contribution in [3.8, 4) is 28.6 Å². The molecule has 3 aromatic carbocycles. The number of aromatic nitrogens is 2. The molecule has 1 heterocycles. The number of non-ortho nitro benzene ring substituents is 1. The van der Waals surface area contributed by atoms with Crippen LogP contribution in [-0.4, -0.2) is 15.1 Å². The fourth-order valence-electron chi connectivity index (χ4n) is 2.71. The Bertz CT molecular complexity index is 1160. The van der Waals surface area contributed by atoms with Crippen LogP contribution in [0.4, 0.5) is 5.69 Å². The van der Waals surface area contributed by atoms with Gasteiger partial charge in [-0.15, -0.1) is 0 Å². The van der Waals surface area contributed by atoms with Crippen LogP contribution in [0.15, 0.2) is 81.8 Å². The van der Waals surface area contributed by atoms with E-state index in [0.717, 1.165) is 21.3 Å². The highest BCUT2D eigenvalue weighted by Crippen LogP contribution is 2.25. The lowest BCUT2D eigenvalue weighted by atomic mass is 10.1. The topological polar surface area (TPSA) is 91.3 Å². The normalized spacial score (nSPS) is 10.7. The second-order valence-electron chi connectivity index (χ2n) is 6.17. The molecule has 0 amide bonds. The second kappa shape index (κ2) is 8.24. The van der Waals surface area contributed by atoms with Gasteiger partial charge in [-0.1, -0.05) is 39.3 Å². The molecule has 0 saturated heterocycles. The van der Waals surface area contributed by atoms with Crippen LogP contribution < -0.4 is 4.74 Å². The van der Waals surface area contributed by atoms with Crippen LogP contribution in [0.2, 0.25) is 0 Å². The van der Waals surface area contributed by atoms with Gasteiger partial charge in [0.1, 0.15) is 12.4 Å². The third-order valence-corrected chi connectivity index (χ3v) is 4.63.